The fourth-order valence-corrected chi connectivity index (χ4v) is 2.12. The van der Waals surface area contributed by atoms with Crippen LogP contribution in [0.15, 0.2) is 55.0 Å². The Hall–Kier alpha value is -2.75. The minimum Gasteiger partial charge on any atom is -0.295 e. The van der Waals surface area contributed by atoms with E-state index in [4.69, 9.17) is 0 Å². The van der Waals surface area contributed by atoms with Gasteiger partial charge in [-0.2, -0.15) is 5.10 Å². The smallest absolute Gasteiger partial charge is 0.159 e. The zero-order valence-electron chi connectivity index (χ0n) is 11.0. The molecule has 0 fully saturated rings. The largest absolute Gasteiger partial charge is 0.295 e. The van der Waals surface area contributed by atoms with Crippen LogP contribution in [0.3, 0.4) is 0 Å². The van der Waals surface area contributed by atoms with E-state index in [1.807, 2.05) is 36.4 Å². The summed E-state index contributed by atoms with van der Waals surface area (Å²) in [7, 11) is 0. The fraction of sp³-hybridized carbons (Fsp3) is 0.0625. The van der Waals surface area contributed by atoms with Gasteiger partial charge in [0, 0.05) is 29.1 Å². The highest BCUT2D eigenvalue weighted by molar-refractivity contribution is 5.94. The normalized spacial score (nSPS) is 10.4. The lowest BCUT2D eigenvalue weighted by molar-refractivity contribution is 0.101. The first-order valence-electron chi connectivity index (χ1n) is 6.31. The maximum atomic E-state index is 11.3. The van der Waals surface area contributed by atoms with Crippen molar-refractivity contribution in [2.24, 2.45) is 0 Å². The number of aromatic nitrogens is 3. The van der Waals surface area contributed by atoms with Crippen molar-refractivity contribution in [2.45, 2.75) is 6.92 Å². The Bertz CT molecular complexity index is 730. The summed E-state index contributed by atoms with van der Waals surface area (Å²) in [6.07, 6.45) is 5.31. The van der Waals surface area contributed by atoms with Gasteiger partial charge in [0.15, 0.2) is 5.78 Å². The summed E-state index contributed by atoms with van der Waals surface area (Å²) < 4.78 is 0. The van der Waals surface area contributed by atoms with Gasteiger partial charge in [0.05, 0.1) is 11.9 Å². The van der Waals surface area contributed by atoms with Crippen LogP contribution in [-0.4, -0.2) is 21.0 Å². The molecule has 4 heteroatoms. The maximum Gasteiger partial charge on any atom is 0.159 e. The predicted octanol–water partition coefficient (Wildman–Crippen LogP) is 3.34. The second-order valence-corrected chi connectivity index (χ2v) is 4.53. The lowest BCUT2D eigenvalue weighted by Crippen LogP contribution is -1.91. The molecule has 4 nitrogen and oxygen atoms in total. The highest BCUT2D eigenvalue weighted by Crippen LogP contribution is 2.29. The van der Waals surface area contributed by atoms with Gasteiger partial charge in [-0.05, 0) is 24.6 Å². The number of nitrogens with zero attached hydrogens (tertiary/aromatic N) is 2. The third-order valence-electron chi connectivity index (χ3n) is 3.19. The van der Waals surface area contributed by atoms with Gasteiger partial charge in [0.1, 0.15) is 0 Å². The van der Waals surface area contributed by atoms with Crippen molar-refractivity contribution >= 4 is 5.78 Å². The van der Waals surface area contributed by atoms with Crippen molar-refractivity contribution in [3.63, 3.8) is 0 Å². The highest BCUT2D eigenvalue weighted by Gasteiger charge is 2.10. The first-order valence-corrected chi connectivity index (χ1v) is 6.31. The average Bonchev–Trinajstić information content (AvgIpc) is 2.97. The third-order valence-corrected chi connectivity index (χ3v) is 3.19. The molecule has 0 aliphatic carbocycles. The van der Waals surface area contributed by atoms with Gasteiger partial charge in [-0.3, -0.25) is 14.9 Å². The molecule has 0 aliphatic rings. The summed E-state index contributed by atoms with van der Waals surface area (Å²) in [5, 5.41) is 7.11. The molecular weight excluding hydrogens is 250 g/mol. The second kappa shape index (κ2) is 5.09. The zero-order valence-corrected chi connectivity index (χ0v) is 11.0. The Balaban J connectivity index is 2.04. The number of aromatic amines is 1. The summed E-state index contributed by atoms with van der Waals surface area (Å²) in [5.74, 6) is 0.0660. The maximum absolute atomic E-state index is 11.3. The van der Waals surface area contributed by atoms with E-state index in [1.165, 1.54) is 0 Å². The number of nitrogens with one attached hydrogen (secondary N) is 1. The molecule has 1 aromatic carbocycles. The summed E-state index contributed by atoms with van der Waals surface area (Å²) in [4.78, 5) is 15.4. The number of rotatable bonds is 3. The van der Waals surface area contributed by atoms with E-state index in [-0.39, 0.29) is 5.78 Å². The number of hydrogen-bond acceptors (Lipinski definition) is 3. The molecule has 0 saturated heterocycles. The fourth-order valence-electron chi connectivity index (χ4n) is 2.12. The van der Waals surface area contributed by atoms with Crippen LogP contribution in [-0.2, 0) is 0 Å². The third kappa shape index (κ3) is 2.23. The molecule has 2 aromatic heterocycles. The van der Waals surface area contributed by atoms with Crippen LogP contribution >= 0.6 is 0 Å². The van der Waals surface area contributed by atoms with Gasteiger partial charge >= 0.3 is 0 Å². The Kier molecular flexibility index (Phi) is 3.13. The van der Waals surface area contributed by atoms with Crippen molar-refractivity contribution in [1.29, 1.82) is 0 Å². The Morgan fingerprint density at radius 1 is 1.05 bits per heavy atom. The molecular formula is C16H13N3O. The Morgan fingerprint density at radius 3 is 2.50 bits per heavy atom. The van der Waals surface area contributed by atoms with E-state index < -0.39 is 0 Å². The second-order valence-electron chi connectivity index (χ2n) is 4.53. The van der Waals surface area contributed by atoms with Crippen molar-refractivity contribution < 1.29 is 4.79 Å². The number of carbonyl (C=O) groups excluding carboxylic acids is 1. The molecule has 0 amide bonds. The van der Waals surface area contributed by atoms with Gasteiger partial charge in [-0.15, -0.1) is 0 Å². The molecule has 20 heavy (non-hydrogen) atoms. The van der Waals surface area contributed by atoms with Gasteiger partial charge in [0.2, 0.25) is 0 Å². The van der Waals surface area contributed by atoms with Gasteiger partial charge < -0.3 is 0 Å². The standard InChI is InChI=1S/C16H13N3O/c1-11(20)12-4-6-13(7-5-12)15-10-18-19-16(15)14-3-2-8-17-9-14/h2-10H,1H3,(H,18,19). The number of hydrogen-bond donors (Lipinski definition) is 1. The van der Waals surface area contributed by atoms with Crippen LogP contribution in [0.1, 0.15) is 17.3 Å². The number of pyridine rings is 1. The molecule has 3 rings (SSSR count). The van der Waals surface area contributed by atoms with Crippen LogP contribution in [0.25, 0.3) is 22.4 Å². The molecule has 0 radical (unpaired) electrons. The Morgan fingerprint density at radius 2 is 1.85 bits per heavy atom. The van der Waals surface area contributed by atoms with Crippen molar-refractivity contribution in [1.82, 2.24) is 15.2 Å². The van der Waals surface area contributed by atoms with Crippen LogP contribution < -0.4 is 0 Å². The lowest BCUT2D eigenvalue weighted by Gasteiger charge is -2.04. The quantitative estimate of drug-likeness (QED) is 0.737. The van der Waals surface area contributed by atoms with E-state index in [0.29, 0.717) is 5.56 Å². The molecule has 2 heterocycles. The van der Waals surface area contributed by atoms with Gasteiger partial charge in [-0.1, -0.05) is 24.3 Å². The minimum atomic E-state index is 0.0660. The number of ketones is 1. The molecule has 0 atom stereocenters. The monoisotopic (exact) mass is 263 g/mol. The molecule has 0 bridgehead atoms. The van der Waals surface area contributed by atoms with E-state index in [0.717, 1.165) is 22.4 Å². The topological polar surface area (TPSA) is 58.6 Å². The van der Waals surface area contributed by atoms with Gasteiger partial charge in [0.25, 0.3) is 0 Å². The van der Waals surface area contributed by atoms with E-state index >= 15 is 0 Å². The van der Waals surface area contributed by atoms with Crippen LogP contribution in [0, 0.1) is 0 Å². The summed E-state index contributed by atoms with van der Waals surface area (Å²) >= 11 is 0. The highest BCUT2D eigenvalue weighted by atomic mass is 16.1. The molecule has 0 unspecified atom stereocenters. The van der Waals surface area contributed by atoms with Crippen molar-refractivity contribution in [3.8, 4) is 22.4 Å². The average molecular weight is 263 g/mol. The summed E-state index contributed by atoms with van der Waals surface area (Å²) in [5.41, 5.74) is 4.63. The van der Waals surface area contributed by atoms with Crippen molar-refractivity contribution in [2.75, 3.05) is 0 Å². The Labute approximate surface area is 116 Å². The molecule has 1 N–H and O–H groups in total. The molecule has 3 aromatic rings. The first-order chi connectivity index (χ1) is 9.75. The van der Waals surface area contributed by atoms with Crippen LogP contribution in [0.4, 0.5) is 0 Å². The lowest BCUT2D eigenvalue weighted by atomic mass is 10.0. The zero-order chi connectivity index (χ0) is 13.9. The van der Waals surface area contributed by atoms with Crippen LogP contribution in [0.5, 0.6) is 0 Å². The molecule has 0 aliphatic heterocycles. The van der Waals surface area contributed by atoms with E-state index in [9.17, 15) is 4.79 Å². The van der Waals surface area contributed by atoms with E-state index in [1.54, 1.807) is 25.5 Å². The SMILES string of the molecule is CC(=O)c1ccc(-c2cn[nH]c2-c2cccnc2)cc1. The molecule has 0 saturated carbocycles. The summed E-state index contributed by atoms with van der Waals surface area (Å²) in [6, 6.07) is 11.4. The number of benzene rings is 1. The number of H-pyrrole nitrogens is 1. The van der Waals surface area contributed by atoms with E-state index in [2.05, 4.69) is 15.2 Å². The molecule has 98 valence electrons. The molecule has 0 spiro atoms. The minimum absolute atomic E-state index is 0.0660. The van der Waals surface area contributed by atoms with Crippen LogP contribution in [0.2, 0.25) is 0 Å². The van der Waals surface area contributed by atoms with Gasteiger partial charge in [-0.25, -0.2) is 0 Å². The number of carbonyl (C=O) groups is 1. The summed E-state index contributed by atoms with van der Waals surface area (Å²) in [6.45, 7) is 1.56. The number of Topliss-reactive ketones (excluding diaryl/α,β-unsaturated/α-hetero) is 1. The predicted molar refractivity (Wildman–Crippen MR) is 77.3 cm³/mol. The van der Waals surface area contributed by atoms with Crippen molar-refractivity contribution in [3.05, 3.63) is 60.6 Å². The first kappa shape index (κ1) is 12.3.